The first-order valence-corrected chi connectivity index (χ1v) is 13.3. The minimum Gasteiger partial charge on any atom is -0.870 e. The van der Waals surface area contributed by atoms with Crippen LogP contribution in [-0.4, -0.2) is 26.0 Å². The van der Waals surface area contributed by atoms with Crippen molar-refractivity contribution in [3.63, 3.8) is 0 Å². The van der Waals surface area contributed by atoms with Gasteiger partial charge in [-0.2, -0.15) is 18.6 Å². The average molecular weight is 596 g/mol. The molecule has 0 radical (unpaired) electrons. The van der Waals surface area contributed by atoms with Crippen molar-refractivity contribution in [1.29, 1.82) is 0 Å². The van der Waals surface area contributed by atoms with Gasteiger partial charge in [-0.3, -0.25) is 9.35 Å². The second-order valence-electron chi connectivity index (χ2n) is 8.07. The van der Waals surface area contributed by atoms with Gasteiger partial charge in [0.05, 0.1) is 34.2 Å². The van der Waals surface area contributed by atoms with Crippen molar-refractivity contribution in [2.75, 3.05) is 12.4 Å². The minimum atomic E-state index is -4.64. The molecular formula is C26H20Cl2N3NaO6S. The van der Waals surface area contributed by atoms with Crippen molar-refractivity contribution in [3.05, 3.63) is 81.8 Å². The zero-order chi connectivity index (χ0) is 27.6. The summed E-state index contributed by atoms with van der Waals surface area (Å²) in [5.41, 5.74) is 0.401. The van der Waals surface area contributed by atoms with Gasteiger partial charge in [0.25, 0.3) is 16.0 Å². The summed E-state index contributed by atoms with van der Waals surface area (Å²) in [5, 5.41) is 25.2. The fourth-order valence-corrected chi connectivity index (χ4v) is 5.12. The van der Waals surface area contributed by atoms with Crippen molar-refractivity contribution in [1.82, 2.24) is 0 Å². The third kappa shape index (κ3) is 6.72. The second kappa shape index (κ2) is 12.6. The topological polar surface area (TPSA) is 140 Å². The van der Waals surface area contributed by atoms with Gasteiger partial charge >= 0.3 is 29.6 Å². The molecule has 2 N–H and O–H groups in total. The molecule has 0 aliphatic rings. The smallest absolute Gasteiger partial charge is 0.870 e. The number of hydrogen-bond acceptors (Lipinski definition) is 7. The van der Waals surface area contributed by atoms with Crippen LogP contribution in [0.25, 0.3) is 10.8 Å². The molecule has 0 spiro atoms. The second-order valence-corrected chi connectivity index (χ2v) is 10.2. The van der Waals surface area contributed by atoms with Crippen LogP contribution < -0.4 is 44.7 Å². The Balaban J connectivity index is 0.00000420. The van der Waals surface area contributed by atoms with Crippen molar-refractivity contribution in [2.24, 2.45) is 10.2 Å². The van der Waals surface area contributed by atoms with Crippen LogP contribution >= 0.6 is 23.2 Å². The Morgan fingerprint density at radius 2 is 1.79 bits per heavy atom. The number of aryl methyl sites for hydroxylation is 1. The number of nitrogens with one attached hydrogen (secondary N) is 1. The molecule has 0 atom stereocenters. The van der Waals surface area contributed by atoms with Crippen LogP contribution in [-0.2, 0) is 16.5 Å². The van der Waals surface area contributed by atoms with Crippen LogP contribution in [0.2, 0.25) is 10.0 Å². The molecule has 39 heavy (non-hydrogen) atoms. The quantitative estimate of drug-likeness (QED) is 0.189. The molecule has 196 valence electrons. The van der Waals surface area contributed by atoms with Crippen LogP contribution in [0, 0.1) is 0 Å². The number of anilines is 1. The van der Waals surface area contributed by atoms with E-state index in [1.54, 1.807) is 43.3 Å². The molecule has 1 amide bonds. The molecule has 0 aromatic heterocycles. The first-order valence-electron chi connectivity index (χ1n) is 11.1. The van der Waals surface area contributed by atoms with Gasteiger partial charge in [-0.05, 0) is 47.7 Å². The maximum Gasteiger partial charge on any atom is 1.00 e. The molecule has 0 heterocycles. The van der Waals surface area contributed by atoms with E-state index in [0.717, 1.165) is 6.07 Å². The molecule has 13 heteroatoms. The third-order valence-corrected chi connectivity index (χ3v) is 7.42. The van der Waals surface area contributed by atoms with Crippen LogP contribution in [0.3, 0.4) is 0 Å². The largest absolute Gasteiger partial charge is 1.00 e. The molecule has 0 saturated carbocycles. The zero-order valence-electron chi connectivity index (χ0n) is 21.0. The number of ether oxygens (including phenoxy) is 1. The van der Waals surface area contributed by atoms with Gasteiger partial charge in [0, 0.05) is 17.0 Å². The van der Waals surface area contributed by atoms with E-state index in [0.29, 0.717) is 28.5 Å². The van der Waals surface area contributed by atoms with Crippen molar-refractivity contribution < 1.29 is 57.2 Å². The molecule has 0 unspecified atom stereocenters. The molecular weight excluding hydrogens is 576 g/mol. The Labute approximate surface area is 256 Å². The molecule has 9 nitrogen and oxygen atoms in total. The predicted molar refractivity (Wildman–Crippen MR) is 144 cm³/mol. The first kappa shape index (κ1) is 30.8. The Kier molecular flexibility index (Phi) is 10.0. The summed E-state index contributed by atoms with van der Waals surface area (Å²) in [7, 11) is -3.16. The number of halogens is 2. The molecule has 4 aromatic rings. The van der Waals surface area contributed by atoms with E-state index in [9.17, 15) is 22.9 Å². The molecule has 4 aromatic carbocycles. The Morgan fingerprint density at radius 1 is 1.08 bits per heavy atom. The van der Waals surface area contributed by atoms with E-state index in [4.69, 9.17) is 27.9 Å². The first-order chi connectivity index (χ1) is 18.0. The minimum absolute atomic E-state index is 0. The standard InChI is InChI=1S/C26H21Cl2N3O6S.Na/c1-3-14-10-16(12-22(23(14)28)38(34,35)36)30-31-24-18-7-5-4-6-15(18)11-19(25(24)32)26(33)29-21-9-8-17(37-2)13-20(21)27;/h4-13,32H,3H2,1-2H3,(H,29,33)(H,34,35,36);/q;+1/p-1. The number of amides is 1. The molecule has 0 bridgehead atoms. The van der Waals surface area contributed by atoms with Gasteiger partial charge in [-0.25, -0.2) is 0 Å². The maximum absolute atomic E-state index is 13.4. The van der Waals surface area contributed by atoms with Crippen molar-refractivity contribution in [2.45, 2.75) is 18.2 Å². The van der Waals surface area contributed by atoms with E-state index in [1.165, 1.54) is 25.3 Å². The monoisotopic (exact) mass is 595 g/mol. The number of azo groups is 1. The number of carbonyl (C=O) groups excluding carboxylic acids is 1. The molecule has 0 aliphatic carbocycles. The van der Waals surface area contributed by atoms with Crippen LogP contribution in [0.15, 0.2) is 75.8 Å². The summed E-state index contributed by atoms with van der Waals surface area (Å²) in [6, 6.07) is 15.5. The van der Waals surface area contributed by atoms with Gasteiger partial charge in [0.15, 0.2) is 0 Å². The van der Waals surface area contributed by atoms with E-state index in [2.05, 4.69) is 15.5 Å². The summed E-state index contributed by atoms with van der Waals surface area (Å²) >= 11 is 12.3. The number of rotatable bonds is 7. The average Bonchev–Trinajstić information content (AvgIpc) is 2.88. The number of hydrogen-bond donors (Lipinski definition) is 2. The number of benzene rings is 4. The summed E-state index contributed by atoms with van der Waals surface area (Å²) in [5.74, 6) is -0.913. The fourth-order valence-electron chi connectivity index (χ4n) is 3.74. The van der Waals surface area contributed by atoms with E-state index >= 15 is 0 Å². The zero-order valence-corrected chi connectivity index (χ0v) is 25.4. The maximum atomic E-state index is 13.4. The summed E-state index contributed by atoms with van der Waals surface area (Å²) in [6.45, 7) is 1.75. The molecule has 4 rings (SSSR count). The van der Waals surface area contributed by atoms with Gasteiger partial charge in [-0.15, -0.1) is 0 Å². The van der Waals surface area contributed by atoms with Crippen molar-refractivity contribution >= 4 is 67.1 Å². The van der Waals surface area contributed by atoms with Crippen LogP contribution in [0.1, 0.15) is 22.8 Å². The molecule has 0 saturated heterocycles. The molecule has 0 fully saturated rings. The number of nitrogens with zero attached hydrogens (tertiary/aromatic N) is 2. The Hall–Kier alpha value is -2.70. The fraction of sp³-hybridized carbons (Fsp3) is 0.115. The summed E-state index contributed by atoms with van der Waals surface area (Å²) in [6.07, 6.45) is 0.351. The number of carbonyl (C=O) groups is 1. The normalized spacial score (nSPS) is 11.4. The van der Waals surface area contributed by atoms with Crippen LogP contribution in [0.4, 0.5) is 17.1 Å². The summed E-state index contributed by atoms with van der Waals surface area (Å²) < 4.78 is 38.3. The van der Waals surface area contributed by atoms with Gasteiger partial charge in [-0.1, -0.05) is 60.1 Å². The molecule has 0 aliphatic heterocycles. The number of methoxy groups -OCH3 is 1. The Bertz CT molecular complexity index is 1710. The van der Waals surface area contributed by atoms with Gasteiger partial charge < -0.3 is 15.2 Å². The van der Waals surface area contributed by atoms with Gasteiger partial charge in [0.1, 0.15) is 10.6 Å². The number of fused-ring (bicyclic) bond motifs is 1. The summed E-state index contributed by atoms with van der Waals surface area (Å²) in [4.78, 5) is 12.6. The SMILES string of the molecule is CCc1cc(N=Nc2c([O-])c(C(=O)Nc3ccc(OC)cc3Cl)cc3ccccc23)cc(S(=O)(=O)O)c1Cl.[Na+]. The Morgan fingerprint density at radius 3 is 2.44 bits per heavy atom. The predicted octanol–water partition coefficient (Wildman–Crippen LogP) is 3.71. The van der Waals surface area contributed by atoms with E-state index in [1.807, 2.05) is 0 Å². The van der Waals surface area contributed by atoms with Crippen molar-refractivity contribution in [3.8, 4) is 11.5 Å². The van der Waals surface area contributed by atoms with Crippen LogP contribution in [0.5, 0.6) is 11.5 Å². The van der Waals surface area contributed by atoms with E-state index in [-0.39, 0.29) is 62.2 Å². The third-order valence-electron chi connectivity index (χ3n) is 5.67. The van der Waals surface area contributed by atoms with E-state index < -0.39 is 26.7 Å². The van der Waals surface area contributed by atoms with Gasteiger partial charge in [0.2, 0.25) is 0 Å².